The molecule has 0 aliphatic heterocycles. The van der Waals surface area contributed by atoms with Gasteiger partial charge < -0.3 is 5.73 Å². The Kier molecular flexibility index (Phi) is 2.45. The number of Topliss-reactive ketones (excluding diaryl/α,β-unsaturated/α-hetero) is 1. The van der Waals surface area contributed by atoms with Crippen molar-refractivity contribution >= 4 is 5.78 Å². The number of carbonyl (C=O) groups is 1. The molecular formula is C9H15NO. The predicted molar refractivity (Wildman–Crippen MR) is 45.1 cm³/mol. The van der Waals surface area contributed by atoms with E-state index in [1.54, 1.807) is 6.92 Å². The van der Waals surface area contributed by atoms with Crippen LogP contribution in [0.25, 0.3) is 0 Å². The van der Waals surface area contributed by atoms with Crippen molar-refractivity contribution in [3.05, 3.63) is 12.2 Å². The van der Waals surface area contributed by atoms with Crippen LogP contribution in [0.15, 0.2) is 12.2 Å². The van der Waals surface area contributed by atoms with E-state index < -0.39 is 0 Å². The highest BCUT2D eigenvalue weighted by atomic mass is 16.1. The molecule has 0 saturated heterocycles. The maximum absolute atomic E-state index is 11.2. The summed E-state index contributed by atoms with van der Waals surface area (Å²) in [6, 6.07) is 0. The van der Waals surface area contributed by atoms with Crippen LogP contribution < -0.4 is 5.73 Å². The zero-order valence-corrected chi connectivity index (χ0v) is 6.97. The van der Waals surface area contributed by atoms with E-state index in [2.05, 4.69) is 6.58 Å². The first-order valence-corrected chi connectivity index (χ1v) is 4.06. The van der Waals surface area contributed by atoms with Crippen LogP contribution in [0.3, 0.4) is 0 Å². The summed E-state index contributed by atoms with van der Waals surface area (Å²) in [5.74, 6) is 1.06. The molecule has 0 aromatic carbocycles. The molecule has 62 valence electrons. The number of ketones is 1. The molecule has 2 N–H and O–H groups in total. The Morgan fingerprint density at radius 1 is 1.73 bits per heavy atom. The van der Waals surface area contributed by atoms with Crippen molar-refractivity contribution in [2.45, 2.75) is 19.8 Å². The third kappa shape index (κ3) is 1.90. The molecule has 1 unspecified atom stereocenters. The molecule has 1 saturated carbocycles. The zero-order valence-electron chi connectivity index (χ0n) is 6.97. The van der Waals surface area contributed by atoms with Crippen LogP contribution in [0.1, 0.15) is 19.8 Å². The summed E-state index contributed by atoms with van der Waals surface area (Å²) in [5, 5.41) is 0. The standard InChI is InChI=1S/C9H15NO/c1-6(2)9(11)8-5-7(8)3-4-10/h7-8H,1,3-5,10H2,2H3/t7-,8?/m1/s1. The van der Waals surface area contributed by atoms with E-state index in [0.717, 1.165) is 12.8 Å². The quantitative estimate of drug-likeness (QED) is 0.615. The summed E-state index contributed by atoms with van der Waals surface area (Å²) in [7, 11) is 0. The molecule has 0 amide bonds. The molecule has 0 bridgehead atoms. The molecule has 2 heteroatoms. The Bertz CT molecular complexity index is 186. The molecule has 0 heterocycles. The van der Waals surface area contributed by atoms with Crippen LogP contribution in [0.2, 0.25) is 0 Å². The molecule has 1 aliphatic carbocycles. The SMILES string of the molecule is C=C(C)C(=O)C1C[C@H]1CCN. The second-order valence-electron chi connectivity index (χ2n) is 3.32. The summed E-state index contributed by atoms with van der Waals surface area (Å²) in [6.07, 6.45) is 2.02. The van der Waals surface area contributed by atoms with Gasteiger partial charge in [0.15, 0.2) is 5.78 Å². The monoisotopic (exact) mass is 153 g/mol. The highest BCUT2D eigenvalue weighted by molar-refractivity contribution is 5.97. The highest BCUT2D eigenvalue weighted by Gasteiger charge is 2.41. The lowest BCUT2D eigenvalue weighted by Gasteiger charge is -1.96. The second-order valence-corrected chi connectivity index (χ2v) is 3.32. The Morgan fingerprint density at radius 3 is 2.82 bits per heavy atom. The zero-order chi connectivity index (χ0) is 8.43. The van der Waals surface area contributed by atoms with E-state index in [0.29, 0.717) is 18.0 Å². The van der Waals surface area contributed by atoms with Gasteiger partial charge in [-0.15, -0.1) is 0 Å². The van der Waals surface area contributed by atoms with Crippen molar-refractivity contribution in [1.82, 2.24) is 0 Å². The summed E-state index contributed by atoms with van der Waals surface area (Å²) < 4.78 is 0. The smallest absolute Gasteiger partial charge is 0.161 e. The van der Waals surface area contributed by atoms with Gasteiger partial charge in [0.2, 0.25) is 0 Å². The predicted octanol–water partition coefficient (Wildman–Crippen LogP) is 1.12. The second kappa shape index (κ2) is 3.18. The third-order valence-electron chi connectivity index (χ3n) is 2.22. The van der Waals surface area contributed by atoms with Crippen LogP contribution in [0, 0.1) is 11.8 Å². The molecule has 2 atom stereocenters. The number of rotatable bonds is 4. The van der Waals surface area contributed by atoms with Gasteiger partial charge in [0.25, 0.3) is 0 Å². The van der Waals surface area contributed by atoms with E-state index >= 15 is 0 Å². The molecule has 0 aromatic heterocycles. The minimum Gasteiger partial charge on any atom is -0.330 e. The van der Waals surface area contributed by atoms with Gasteiger partial charge in [-0.2, -0.15) is 0 Å². The fourth-order valence-corrected chi connectivity index (χ4v) is 1.42. The molecule has 1 aliphatic rings. The van der Waals surface area contributed by atoms with Gasteiger partial charge in [-0.05, 0) is 37.8 Å². The normalized spacial score (nSPS) is 28.2. The first-order chi connectivity index (χ1) is 5.16. The molecule has 1 rings (SSSR count). The summed E-state index contributed by atoms with van der Waals surface area (Å²) in [4.78, 5) is 11.2. The summed E-state index contributed by atoms with van der Waals surface area (Å²) in [5.41, 5.74) is 6.06. The van der Waals surface area contributed by atoms with E-state index in [4.69, 9.17) is 5.73 Å². The van der Waals surface area contributed by atoms with Crippen molar-refractivity contribution in [1.29, 1.82) is 0 Å². The first kappa shape index (κ1) is 8.47. The van der Waals surface area contributed by atoms with Gasteiger partial charge in [-0.3, -0.25) is 4.79 Å². The molecule has 0 radical (unpaired) electrons. The Balaban J connectivity index is 2.32. The Morgan fingerprint density at radius 2 is 2.36 bits per heavy atom. The lowest BCUT2D eigenvalue weighted by atomic mass is 10.1. The number of nitrogens with two attached hydrogens (primary N) is 1. The van der Waals surface area contributed by atoms with Crippen LogP contribution in [0.5, 0.6) is 0 Å². The number of allylic oxidation sites excluding steroid dienone is 1. The van der Waals surface area contributed by atoms with Crippen LogP contribution in [0.4, 0.5) is 0 Å². The first-order valence-electron chi connectivity index (χ1n) is 4.06. The Labute approximate surface area is 67.5 Å². The van der Waals surface area contributed by atoms with Crippen molar-refractivity contribution in [2.75, 3.05) is 6.54 Å². The number of hydrogen-bond donors (Lipinski definition) is 1. The lowest BCUT2D eigenvalue weighted by Crippen LogP contribution is -2.06. The highest BCUT2D eigenvalue weighted by Crippen LogP contribution is 2.42. The molecule has 0 aromatic rings. The third-order valence-corrected chi connectivity index (χ3v) is 2.22. The largest absolute Gasteiger partial charge is 0.330 e. The van der Waals surface area contributed by atoms with Gasteiger partial charge in [-0.25, -0.2) is 0 Å². The van der Waals surface area contributed by atoms with E-state index in [1.807, 2.05) is 0 Å². The topological polar surface area (TPSA) is 43.1 Å². The van der Waals surface area contributed by atoms with E-state index in [9.17, 15) is 4.79 Å². The fraction of sp³-hybridized carbons (Fsp3) is 0.667. The average molecular weight is 153 g/mol. The van der Waals surface area contributed by atoms with E-state index in [-0.39, 0.29) is 11.7 Å². The number of carbonyl (C=O) groups excluding carboxylic acids is 1. The van der Waals surface area contributed by atoms with Gasteiger partial charge in [0, 0.05) is 5.92 Å². The molecule has 11 heavy (non-hydrogen) atoms. The van der Waals surface area contributed by atoms with Crippen LogP contribution in [-0.2, 0) is 4.79 Å². The van der Waals surface area contributed by atoms with Crippen molar-refractivity contribution in [2.24, 2.45) is 17.6 Å². The Hall–Kier alpha value is -0.630. The fourth-order valence-electron chi connectivity index (χ4n) is 1.42. The van der Waals surface area contributed by atoms with Gasteiger partial charge >= 0.3 is 0 Å². The minimum atomic E-state index is 0.239. The van der Waals surface area contributed by atoms with Crippen LogP contribution >= 0.6 is 0 Å². The summed E-state index contributed by atoms with van der Waals surface area (Å²) >= 11 is 0. The van der Waals surface area contributed by atoms with Gasteiger partial charge in [0.05, 0.1) is 0 Å². The maximum atomic E-state index is 11.2. The number of hydrogen-bond acceptors (Lipinski definition) is 2. The van der Waals surface area contributed by atoms with E-state index in [1.165, 1.54) is 0 Å². The van der Waals surface area contributed by atoms with Crippen LogP contribution in [-0.4, -0.2) is 12.3 Å². The summed E-state index contributed by atoms with van der Waals surface area (Å²) in [6.45, 7) is 6.11. The minimum absolute atomic E-state index is 0.239. The molecule has 2 nitrogen and oxygen atoms in total. The molecule has 1 fully saturated rings. The van der Waals surface area contributed by atoms with Crippen molar-refractivity contribution in [3.8, 4) is 0 Å². The van der Waals surface area contributed by atoms with Crippen molar-refractivity contribution < 1.29 is 4.79 Å². The van der Waals surface area contributed by atoms with Gasteiger partial charge in [-0.1, -0.05) is 6.58 Å². The van der Waals surface area contributed by atoms with Crippen molar-refractivity contribution in [3.63, 3.8) is 0 Å². The maximum Gasteiger partial charge on any atom is 0.161 e. The molecular weight excluding hydrogens is 138 g/mol. The lowest BCUT2D eigenvalue weighted by molar-refractivity contribution is -0.116. The molecule has 0 spiro atoms. The van der Waals surface area contributed by atoms with Gasteiger partial charge in [0.1, 0.15) is 0 Å². The average Bonchev–Trinajstić information content (AvgIpc) is 2.67.